The van der Waals surface area contributed by atoms with Gasteiger partial charge in [0.1, 0.15) is 6.33 Å². The minimum Gasteiger partial charge on any atom is -0.243 e. The summed E-state index contributed by atoms with van der Waals surface area (Å²) >= 11 is 0. The lowest BCUT2D eigenvalue weighted by Crippen LogP contribution is -2.41. The molecule has 18 heavy (non-hydrogen) atoms. The van der Waals surface area contributed by atoms with Crippen molar-refractivity contribution in [1.29, 1.82) is 5.26 Å². The number of nitrogens with zero attached hydrogens (tertiary/aromatic N) is 4. The zero-order valence-corrected chi connectivity index (χ0v) is 8.96. The largest absolute Gasteiger partial charge is 0.503 e. The summed E-state index contributed by atoms with van der Waals surface area (Å²) in [6, 6.07) is 6.95. The zero-order valence-electron chi connectivity index (χ0n) is 8.96. The van der Waals surface area contributed by atoms with Gasteiger partial charge in [-0.1, -0.05) is 0 Å². The molecule has 0 saturated heterocycles. The average molecular weight is 252 g/mol. The summed E-state index contributed by atoms with van der Waals surface area (Å²) in [7, 11) is 0. The predicted octanol–water partition coefficient (Wildman–Crippen LogP) is 2.54. The third-order valence-corrected chi connectivity index (χ3v) is 2.20. The van der Waals surface area contributed by atoms with Crippen LogP contribution in [0.2, 0.25) is 0 Å². The molecule has 1 aromatic carbocycles. The van der Waals surface area contributed by atoms with E-state index in [0.29, 0.717) is 5.56 Å². The minimum absolute atomic E-state index is 0.0977. The summed E-state index contributed by atoms with van der Waals surface area (Å²) in [5, 5.41) is 8.74. The number of anilines is 1. The third-order valence-electron chi connectivity index (χ3n) is 2.20. The molecule has 92 valence electrons. The summed E-state index contributed by atoms with van der Waals surface area (Å²) in [4.78, 5) is 3.58. The first-order valence-electron chi connectivity index (χ1n) is 4.88. The molecule has 0 aliphatic rings. The number of nitriles is 1. The SMILES string of the molecule is N#Cc1ccc(N(n2ccnc2)C(F)(F)F)cc1. The van der Waals surface area contributed by atoms with Crippen LogP contribution in [0.4, 0.5) is 18.9 Å². The average Bonchev–Trinajstić information content (AvgIpc) is 2.82. The Labute approximate surface area is 100 Å². The predicted molar refractivity (Wildman–Crippen MR) is 57.3 cm³/mol. The number of benzene rings is 1. The number of aromatic nitrogens is 2. The van der Waals surface area contributed by atoms with Crippen LogP contribution in [0.25, 0.3) is 0 Å². The zero-order chi connectivity index (χ0) is 13.2. The fourth-order valence-corrected chi connectivity index (χ4v) is 1.46. The van der Waals surface area contributed by atoms with E-state index in [1.165, 1.54) is 36.7 Å². The van der Waals surface area contributed by atoms with Gasteiger partial charge in [-0.25, -0.2) is 9.66 Å². The molecule has 2 aromatic rings. The van der Waals surface area contributed by atoms with E-state index in [2.05, 4.69) is 4.98 Å². The number of hydrogen-bond donors (Lipinski definition) is 0. The van der Waals surface area contributed by atoms with E-state index in [0.717, 1.165) is 11.0 Å². The van der Waals surface area contributed by atoms with E-state index < -0.39 is 6.30 Å². The van der Waals surface area contributed by atoms with Gasteiger partial charge in [-0.05, 0) is 24.3 Å². The molecule has 0 atom stereocenters. The number of rotatable bonds is 2. The molecule has 0 amide bonds. The Morgan fingerprint density at radius 3 is 2.33 bits per heavy atom. The molecule has 0 fully saturated rings. The summed E-state index contributed by atoms with van der Waals surface area (Å²) in [6.45, 7) is 0. The normalized spacial score (nSPS) is 11.0. The van der Waals surface area contributed by atoms with Crippen LogP contribution in [0.1, 0.15) is 5.56 Å². The molecule has 0 aliphatic carbocycles. The van der Waals surface area contributed by atoms with Crippen LogP contribution in [-0.4, -0.2) is 16.0 Å². The second-order valence-corrected chi connectivity index (χ2v) is 3.38. The van der Waals surface area contributed by atoms with Crippen LogP contribution in [0.15, 0.2) is 43.0 Å². The van der Waals surface area contributed by atoms with Crippen molar-refractivity contribution in [1.82, 2.24) is 9.66 Å². The maximum atomic E-state index is 13.0. The maximum Gasteiger partial charge on any atom is 0.503 e. The number of halogens is 3. The van der Waals surface area contributed by atoms with Crippen LogP contribution in [-0.2, 0) is 0 Å². The quantitative estimate of drug-likeness (QED) is 0.771. The van der Waals surface area contributed by atoms with Crippen molar-refractivity contribution in [2.24, 2.45) is 0 Å². The van der Waals surface area contributed by atoms with Gasteiger partial charge in [-0.3, -0.25) is 0 Å². The minimum atomic E-state index is -4.59. The molecule has 2 rings (SSSR count). The molecule has 0 spiro atoms. The van der Waals surface area contributed by atoms with Gasteiger partial charge < -0.3 is 0 Å². The van der Waals surface area contributed by atoms with Gasteiger partial charge in [0.15, 0.2) is 0 Å². The van der Waals surface area contributed by atoms with Crippen molar-refractivity contribution in [2.75, 3.05) is 5.01 Å². The standard InChI is InChI=1S/C11H7F3N4/c12-11(13,14)18(17-6-5-16-8-17)10-3-1-9(7-15)2-4-10/h1-6,8H. The molecule has 0 N–H and O–H groups in total. The first kappa shape index (κ1) is 12.0. The molecule has 0 saturated carbocycles. The first-order valence-corrected chi connectivity index (χ1v) is 4.88. The number of alkyl halides is 3. The highest BCUT2D eigenvalue weighted by molar-refractivity contribution is 5.49. The summed E-state index contributed by atoms with van der Waals surface area (Å²) in [5.41, 5.74) is 0.200. The molecule has 4 nitrogen and oxygen atoms in total. The lowest BCUT2D eigenvalue weighted by atomic mass is 10.2. The first-order chi connectivity index (χ1) is 8.52. The van der Waals surface area contributed by atoms with Crippen LogP contribution in [0, 0.1) is 11.3 Å². The lowest BCUT2D eigenvalue weighted by molar-refractivity contribution is -0.136. The molecule has 7 heteroatoms. The molecular weight excluding hydrogens is 245 g/mol. The van der Waals surface area contributed by atoms with Gasteiger partial charge in [0.25, 0.3) is 0 Å². The molecule has 0 bridgehead atoms. The summed E-state index contributed by atoms with van der Waals surface area (Å²) < 4.78 is 39.7. The van der Waals surface area contributed by atoms with E-state index in [1.54, 1.807) is 0 Å². The van der Waals surface area contributed by atoms with Gasteiger partial charge in [0, 0.05) is 12.4 Å². The van der Waals surface area contributed by atoms with Crippen LogP contribution < -0.4 is 5.01 Å². The fraction of sp³-hybridized carbons (Fsp3) is 0.0909. The molecule has 0 aliphatic heterocycles. The summed E-state index contributed by atoms with van der Waals surface area (Å²) in [6.07, 6.45) is -1.10. The monoisotopic (exact) mass is 252 g/mol. The molecule has 1 aromatic heterocycles. The van der Waals surface area contributed by atoms with E-state index in [-0.39, 0.29) is 10.7 Å². The van der Waals surface area contributed by atoms with E-state index in [4.69, 9.17) is 5.26 Å². The van der Waals surface area contributed by atoms with Gasteiger partial charge in [-0.15, -0.1) is 13.2 Å². The van der Waals surface area contributed by atoms with Crippen LogP contribution in [0.5, 0.6) is 0 Å². The fourth-order valence-electron chi connectivity index (χ4n) is 1.46. The second kappa shape index (κ2) is 4.41. The third kappa shape index (κ3) is 2.27. The van der Waals surface area contributed by atoms with Gasteiger partial charge >= 0.3 is 6.30 Å². The Kier molecular flexibility index (Phi) is 2.93. The molecular formula is C11H7F3N4. The maximum absolute atomic E-state index is 13.0. The van der Waals surface area contributed by atoms with Crippen LogP contribution >= 0.6 is 0 Å². The van der Waals surface area contributed by atoms with Crippen molar-refractivity contribution in [3.8, 4) is 6.07 Å². The Balaban J connectivity index is 2.44. The Morgan fingerprint density at radius 1 is 1.22 bits per heavy atom. The van der Waals surface area contributed by atoms with Crippen molar-refractivity contribution < 1.29 is 13.2 Å². The van der Waals surface area contributed by atoms with Gasteiger partial charge in [-0.2, -0.15) is 10.3 Å². The lowest BCUT2D eigenvalue weighted by Gasteiger charge is -2.27. The van der Waals surface area contributed by atoms with E-state index in [1.807, 2.05) is 6.07 Å². The van der Waals surface area contributed by atoms with E-state index in [9.17, 15) is 13.2 Å². The molecule has 0 unspecified atom stereocenters. The highest BCUT2D eigenvalue weighted by Crippen LogP contribution is 2.29. The molecule has 0 radical (unpaired) electrons. The Hall–Kier alpha value is -2.49. The Bertz CT molecular complexity index is 551. The number of hydrogen-bond acceptors (Lipinski definition) is 3. The topological polar surface area (TPSA) is 44.9 Å². The Morgan fingerprint density at radius 2 is 1.89 bits per heavy atom. The van der Waals surface area contributed by atoms with Crippen molar-refractivity contribution in [3.05, 3.63) is 48.5 Å². The molecule has 1 heterocycles. The van der Waals surface area contributed by atoms with Crippen molar-refractivity contribution in [3.63, 3.8) is 0 Å². The van der Waals surface area contributed by atoms with Gasteiger partial charge in [0.2, 0.25) is 0 Å². The van der Waals surface area contributed by atoms with Gasteiger partial charge in [0.05, 0.1) is 17.3 Å². The second-order valence-electron chi connectivity index (χ2n) is 3.38. The van der Waals surface area contributed by atoms with Crippen LogP contribution in [0.3, 0.4) is 0 Å². The highest BCUT2D eigenvalue weighted by Gasteiger charge is 2.39. The van der Waals surface area contributed by atoms with Crippen molar-refractivity contribution in [2.45, 2.75) is 6.30 Å². The highest BCUT2D eigenvalue weighted by atomic mass is 19.4. The smallest absolute Gasteiger partial charge is 0.243 e. The van der Waals surface area contributed by atoms with E-state index >= 15 is 0 Å². The number of imidazole rings is 1. The summed E-state index contributed by atoms with van der Waals surface area (Å²) in [5.74, 6) is 0. The van der Waals surface area contributed by atoms with Crippen molar-refractivity contribution >= 4 is 5.69 Å².